The highest BCUT2D eigenvalue weighted by Crippen LogP contribution is 2.39. The quantitative estimate of drug-likeness (QED) is 0.553. The molecule has 1 aliphatic rings. The first-order valence-corrected chi connectivity index (χ1v) is 8.45. The Bertz CT molecular complexity index is 565. The fraction of sp³-hybridized carbons (Fsp3) is 0.500. The SMILES string of the molecule is CC(C)=C/C=C(/CCc1ccccc1)B1OC(C)(C)C(C)(C)O1. The van der Waals surface area contributed by atoms with Crippen LogP contribution < -0.4 is 0 Å². The van der Waals surface area contributed by atoms with E-state index < -0.39 is 0 Å². The second-order valence-corrected chi connectivity index (χ2v) is 7.56. The van der Waals surface area contributed by atoms with E-state index in [1.807, 2.05) is 0 Å². The molecule has 1 aromatic carbocycles. The predicted molar refractivity (Wildman–Crippen MR) is 98.4 cm³/mol. The molecule has 1 aromatic rings. The highest BCUT2D eigenvalue weighted by Gasteiger charge is 2.52. The Labute approximate surface area is 141 Å². The molecule has 0 aromatic heterocycles. The smallest absolute Gasteiger partial charge is 0.400 e. The van der Waals surface area contributed by atoms with Crippen LogP contribution in [0, 0.1) is 0 Å². The molecule has 0 saturated carbocycles. The summed E-state index contributed by atoms with van der Waals surface area (Å²) < 4.78 is 12.5. The minimum absolute atomic E-state index is 0.265. The van der Waals surface area contributed by atoms with Gasteiger partial charge >= 0.3 is 7.12 Å². The summed E-state index contributed by atoms with van der Waals surface area (Å²) in [7, 11) is -0.265. The molecule has 1 heterocycles. The van der Waals surface area contributed by atoms with Crippen LogP contribution in [0.5, 0.6) is 0 Å². The summed E-state index contributed by atoms with van der Waals surface area (Å²) in [6.45, 7) is 12.6. The van der Waals surface area contributed by atoms with E-state index in [0.29, 0.717) is 0 Å². The number of rotatable bonds is 5. The van der Waals surface area contributed by atoms with Gasteiger partial charge in [-0.25, -0.2) is 0 Å². The van der Waals surface area contributed by atoms with E-state index in [9.17, 15) is 0 Å². The van der Waals surface area contributed by atoms with Crippen molar-refractivity contribution in [2.45, 2.75) is 65.6 Å². The second kappa shape index (κ2) is 7.06. The molecule has 0 radical (unpaired) electrons. The highest BCUT2D eigenvalue weighted by atomic mass is 16.7. The first kappa shape index (κ1) is 18.0. The fourth-order valence-corrected chi connectivity index (χ4v) is 2.48. The molecule has 3 heteroatoms. The first-order chi connectivity index (χ1) is 10.7. The summed E-state index contributed by atoms with van der Waals surface area (Å²) in [5.74, 6) is 0. The number of benzene rings is 1. The van der Waals surface area contributed by atoms with Crippen LogP contribution in [0.1, 0.15) is 53.5 Å². The van der Waals surface area contributed by atoms with Crippen molar-refractivity contribution in [2.75, 3.05) is 0 Å². The zero-order valence-electron chi connectivity index (χ0n) is 15.3. The Hall–Kier alpha value is -1.32. The summed E-state index contributed by atoms with van der Waals surface area (Å²) in [6.07, 6.45) is 6.24. The van der Waals surface area contributed by atoms with Gasteiger partial charge in [-0.15, -0.1) is 0 Å². The Morgan fingerprint density at radius 2 is 1.52 bits per heavy atom. The standard InChI is InChI=1S/C20H29BO2/c1-16(2)12-14-18(15-13-17-10-8-7-9-11-17)21-22-19(3,4)20(5,6)23-21/h7-12,14H,13,15H2,1-6H3/b18-14-. The Balaban J connectivity index is 2.16. The third-order valence-corrected chi connectivity index (χ3v) is 4.73. The van der Waals surface area contributed by atoms with Crippen LogP contribution in [0.25, 0.3) is 0 Å². The normalized spacial score (nSPS) is 19.7. The van der Waals surface area contributed by atoms with Crippen LogP contribution in [0.4, 0.5) is 0 Å². The third kappa shape index (κ3) is 4.59. The summed E-state index contributed by atoms with van der Waals surface area (Å²) in [6, 6.07) is 10.6. The summed E-state index contributed by atoms with van der Waals surface area (Å²) in [4.78, 5) is 0. The van der Waals surface area contributed by atoms with Crippen LogP contribution in [0.3, 0.4) is 0 Å². The lowest BCUT2D eigenvalue weighted by molar-refractivity contribution is 0.00578. The van der Waals surface area contributed by atoms with Crippen LogP contribution in [0.2, 0.25) is 0 Å². The van der Waals surface area contributed by atoms with Crippen molar-refractivity contribution in [2.24, 2.45) is 0 Å². The van der Waals surface area contributed by atoms with E-state index in [2.05, 4.69) is 84.0 Å². The summed E-state index contributed by atoms with van der Waals surface area (Å²) >= 11 is 0. The fourth-order valence-electron chi connectivity index (χ4n) is 2.48. The van der Waals surface area contributed by atoms with Crippen molar-refractivity contribution in [3.8, 4) is 0 Å². The molecule has 1 saturated heterocycles. The Kier molecular flexibility index (Phi) is 5.54. The summed E-state index contributed by atoms with van der Waals surface area (Å²) in [5.41, 5.74) is 3.22. The average molecular weight is 312 g/mol. The highest BCUT2D eigenvalue weighted by molar-refractivity contribution is 6.54. The monoisotopic (exact) mass is 312 g/mol. The van der Waals surface area contributed by atoms with Gasteiger partial charge in [0.15, 0.2) is 0 Å². The van der Waals surface area contributed by atoms with Gasteiger partial charge < -0.3 is 9.31 Å². The molecular weight excluding hydrogens is 283 g/mol. The number of hydrogen-bond acceptors (Lipinski definition) is 2. The zero-order valence-corrected chi connectivity index (χ0v) is 15.3. The molecule has 0 aliphatic carbocycles. The topological polar surface area (TPSA) is 18.5 Å². The molecule has 0 spiro atoms. The Morgan fingerprint density at radius 1 is 0.957 bits per heavy atom. The minimum Gasteiger partial charge on any atom is -0.400 e. The van der Waals surface area contributed by atoms with E-state index in [1.165, 1.54) is 16.6 Å². The van der Waals surface area contributed by atoms with Gasteiger partial charge in [0.25, 0.3) is 0 Å². The molecule has 124 valence electrons. The van der Waals surface area contributed by atoms with E-state index in [0.717, 1.165) is 12.8 Å². The zero-order chi connectivity index (χ0) is 17.1. The van der Waals surface area contributed by atoms with Crippen molar-refractivity contribution in [1.82, 2.24) is 0 Å². The maximum atomic E-state index is 6.23. The molecule has 1 fully saturated rings. The van der Waals surface area contributed by atoms with E-state index >= 15 is 0 Å². The van der Waals surface area contributed by atoms with E-state index in [-0.39, 0.29) is 18.3 Å². The average Bonchev–Trinajstić information content (AvgIpc) is 2.68. The van der Waals surface area contributed by atoms with Crippen molar-refractivity contribution in [3.63, 3.8) is 0 Å². The molecule has 1 aliphatic heterocycles. The van der Waals surface area contributed by atoms with Crippen molar-refractivity contribution in [3.05, 3.63) is 59.1 Å². The summed E-state index contributed by atoms with van der Waals surface area (Å²) in [5, 5.41) is 0. The maximum Gasteiger partial charge on any atom is 0.490 e. The Morgan fingerprint density at radius 3 is 2.04 bits per heavy atom. The van der Waals surface area contributed by atoms with Crippen LogP contribution >= 0.6 is 0 Å². The van der Waals surface area contributed by atoms with Gasteiger partial charge in [-0.05, 0) is 65.4 Å². The molecule has 2 nitrogen and oxygen atoms in total. The largest absolute Gasteiger partial charge is 0.490 e. The minimum atomic E-state index is -0.297. The number of aryl methyl sites for hydroxylation is 1. The van der Waals surface area contributed by atoms with Crippen molar-refractivity contribution >= 4 is 7.12 Å². The van der Waals surface area contributed by atoms with Crippen molar-refractivity contribution < 1.29 is 9.31 Å². The molecule has 23 heavy (non-hydrogen) atoms. The maximum absolute atomic E-state index is 6.23. The third-order valence-electron chi connectivity index (χ3n) is 4.73. The molecule has 0 bridgehead atoms. The van der Waals surface area contributed by atoms with E-state index in [1.54, 1.807) is 0 Å². The van der Waals surface area contributed by atoms with E-state index in [4.69, 9.17) is 9.31 Å². The second-order valence-electron chi connectivity index (χ2n) is 7.56. The molecule has 0 amide bonds. The van der Waals surface area contributed by atoms with Gasteiger partial charge in [-0.2, -0.15) is 0 Å². The van der Waals surface area contributed by atoms with Gasteiger partial charge in [-0.3, -0.25) is 0 Å². The number of hydrogen-bond donors (Lipinski definition) is 0. The van der Waals surface area contributed by atoms with Crippen LogP contribution in [0.15, 0.2) is 53.5 Å². The molecule has 0 N–H and O–H groups in total. The van der Waals surface area contributed by atoms with Gasteiger partial charge in [0.05, 0.1) is 11.2 Å². The predicted octanol–water partition coefficient (Wildman–Crippen LogP) is 5.14. The first-order valence-electron chi connectivity index (χ1n) is 8.45. The van der Waals surface area contributed by atoms with Gasteiger partial charge in [0, 0.05) is 0 Å². The van der Waals surface area contributed by atoms with Crippen LogP contribution in [-0.2, 0) is 15.7 Å². The molecule has 0 atom stereocenters. The van der Waals surface area contributed by atoms with Crippen molar-refractivity contribution in [1.29, 1.82) is 0 Å². The van der Waals surface area contributed by atoms with Crippen LogP contribution in [-0.4, -0.2) is 18.3 Å². The molecule has 2 rings (SSSR count). The molecular formula is C20H29BO2. The lowest BCUT2D eigenvalue weighted by Gasteiger charge is -2.32. The van der Waals surface area contributed by atoms with Gasteiger partial charge in [-0.1, -0.05) is 48.1 Å². The lowest BCUT2D eigenvalue weighted by atomic mass is 9.74. The lowest BCUT2D eigenvalue weighted by Crippen LogP contribution is -2.41. The van der Waals surface area contributed by atoms with Gasteiger partial charge in [0.1, 0.15) is 0 Å². The number of allylic oxidation sites excluding steroid dienone is 4. The molecule has 0 unspecified atom stereocenters. The van der Waals surface area contributed by atoms with Gasteiger partial charge in [0.2, 0.25) is 0 Å².